The second kappa shape index (κ2) is 5.96. The highest BCUT2D eigenvalue weighted by Gasteiger charge is 2.35. The average Bonchev–Trinajstić information content (AvgIpc) is 3.24. The molecule has 22 heavy (non-hydrogen) atoms. The molecule has 1 aromatic heterocycles. The molecule has 1 unspecified atom stereocenters. The predicted octanol–water partition coefficient (Wildman–Crippen LogP) is 0.930. The van der Waals surface area contributed by atoms with Crippen LogP contribution in [0.25, 0.3) is 0 Å². The summed E-state index contributed by atoms with van der Waals surface area (Å²) in [6.45, 7) is 3.48. The van der Waals surface area contributed by atoms with Gasteiger partial charge >= 0.3 is 11.8 Å². The van der Waals surface area contributed by atoms with Gasteiger partial charge in [-0.2, -0.15) is 4.98 Å². The first-order chi connectivity index (χ1) is 10.8. The fourth-order valence-corrected chi connectivity index (χ4v) is 3.30. The lowest BCUT2D eigenvalue weighted by molar-refractivity contribution is -0.0223. The van der Waals surface area contributed by atoms with E-state index in [0.29, 0.717) is 30.4 Å². The van der Waals surface area contributed by atoms with Gasteiger partial charge in [0.25, 0.3) is 0 Å². The molecular weight excluding hydrogens is 284 g/mol. The van der Waals surface area contributed by atoms with Crippen molar-refractivity contribution in [3.05, 3.63) is 11.7 Å². The third-order valence-electron chi connectivity index (χ3n) is 4.93. The zero-order chi connectivity index (χ0) is 14.9. The predicted molar refractivity (Wildman–Crippen MR) is 77.6 cm³/mol. The van der Waals surface area contributed by atoms with Crippen LogP contribution in [0, 0.1) is 0 Å². The van der Waals surface area contributed by atoms with Gasteiger partial charge in [0, 0.05) is 44.3 Å². The van der Waals surface area contributed by atoms with Gasteiger partial charge in [-0.1, -0.05) is 5.16 Å². The van der Waals surface area contributed by atoms with E-state index in [2.05, 4.69) is 20.4 Å². The summed E-state index contributed by atoms with van der Waals surface area (Å²) in [6, 6.07) is 1.03. The molecule has 0 bridgehead atoms. The molecule has 0 aromatic carbocycles. The number of nitrogens with one attached hydrogen (secondary N) is 1. The molecule has 1 N–H and O–H groups in total. The molecule has 2 aliphatic heterocycles. The monoisotopic (exact) mass is 306 g/mol. The molecule has 4 rings (SSSR count). The highest BCUT2D eigenvalue weighted by molar-refractivity contribution is 5.89. The molecule has 0 spiro atoms. The number of carbonyl (C=O) groups is 1. The van der Waals surface area contributed by atoms with Crippen molar-refractivity contribution in [1.82, 2.24) is 20.4 Å². The quantitative estimate of drug-likeness (QED) is 0.871. The van der Waals surface area contributed by atoms with E-state index in [1.165, 1.54) is 0 Å². The first-order valence-corrected chi connectivity index (χ1v) is 8.26. The summed E-state index contributed by atoms with van der Waals surface area (Å²) in [5, 5.41) is 6.81. The van der Waals surface area contributed by atoms with E-state index in [1.54, 1.807) is 0 Å². The second-order valence-electron chi connectivity index (χ2n) is 6.47. The maximum atomic E-state index is 12.1. The molecule has 2 saturated heterocycles. The van der Waals surface area contributed by atoms with E-state index in [0.717, 1.165) is 51.9 Å². The van der Waals surface area contributed by atoms with Crippen LogP contribution < -0.4 is 5.32 Å². The van der Waals surface area contributed by atoms with Crippen LogP contribution >= 0.6 is 0 Å². The van der Waals surface area contributed by atoms with Crippen molar-refractivity contribution in [2.24, 2.45) is 0 Å². The minimum Gasteiger partial charge on any atom is -0.381 e. The Bertz CT molecular complexity index is 537. The summed E-state index contributed by atoms with van der Waals surface area (Å²) >= 11 is 0. The van der Waals surface area contributed by atoms with Gasteiger partial charge < -0.3 is 14.6 Å². The van der Waals surface area contributed by atoms with Crippen LogP contribution in [0.1, 0.15) is 54.5 Å². The summed E-state index contributed by atoms with van der Waals surface area (Å²) < 4.78 is 10.5. The van der Waals surface area contributed by atoms with Gasteiger partial charge in [-0.15, -0.1) is 0 Å². The molecule has 1 aromatic rings. The van der Waals surface area contributed by atoms with Gasteiger partial charge in [0.15, 0.2) is 5.82 Å². The normalized spacial score (nSPS) is 26.6. The molecule has 1 atom stereocenters. The Hall–Kier alpha value is -1.47. The number of likely N-dealkylation sites (tertiary alicyclic amines) is 1. The smallest absolute Gasteiger partial charge is 0.315 e. The largest absolute Gasteiger partial charge is 0.381 e. The highest BCUT2D eigenvalue weighted by atomic mass is 16.5. The van der Waals surface area contributed by atoms with Crippen LogP contribution in [-0.4, -0.2) is 59.3 Å². The van der Waals surface area contributed by atoms with Crippen molar-refractivity contribution in [3.8, 4) is 0 Å². The fourth-order valence-electron chi connectivity index (χ4n) is 3.30. The Kier molecular flexibility index (Phi) is 3.83. The highest BCUT2D eigenvalue weighted by Crippen LogP contribution is 2.38. The number of nitrogens with zero attached hydrogens (tertiary/aromatic N) is 3. The Morgan fingerprint density at radius 2 is 2.05 bits per heavy atom. The average molecular weight is 306 g/mol. The standard InChI is InChI=1S/C15H22N4O3/c20-14(15-17-13(18-22-15)10-1-2-10)16-9-12-3-6-19(12)11-4-7-21-8-5-11/h10-12H,1-9H2,(H,16,20). The van der Waals surface area contributed by atoms with Gasteiger partial charge in [0.05, 0.1) is 0 Å². The number of aromatic nitrogens is 2. The number of carbonyl (C=O) groups excluding carboxylic acids is 1. The SMILES string of the molecule is O=C(NCC1CCN1C1CCOCC1)c1nc(C2CC2)no1. The molecule has 1 saturated carbocycles. The molecule has 3 heterocycles. The topological polar surface area (TPSA) is 80.5 Å². The fraction of sp³-hybridized carbons (Fsp3) is 0.800. The summed E-state index contributed by atoms with van der Waals surface area (Å²) in [5.74, 6) is 0.927. The van der Waals surface area contributed by atoms with Crippen LogP contribution in [0.15, 0.2) is 4.52 Å². The summed E-state index contributed by atoms with van der Waals surface area (Å²) in [7, 11) is 0. The zero-order valence-electron chi connectivity index (χ0n) is 12.7. The lowest BCUT2D eigenvalue weighted by Crippen LogP contribution is -2.58. The molecule has 1 aliphatic carbocycles. The van der Waals surface area contributed by atoms with Gasteiger partial charge in [-0.05, 0) is 32.1 Å². The molecule has 120 valence electrons. The Morgan fingerprint density at radius 1 is 1.23 bits per heavy atom. The zero-order valence-corrected chi connectivity index (χ0v) is 12.7. The van der Waals surface area contributed by atoms with Gasteiger partial charge in [-0.3, -0.25) is 9.69 Å². The van der Waals surface area contributed by atoms with Crippen LogP contribution in [0.3, 0.4) is 0 Å². The van der Waals surface area contributed by atoms with E-state index in [1.807, 2.05) is 0 Å². The summed E-state index contributed by atoms with van der Waals surface area (Å²) in [4.78, 5) is 18.8. The van der Waals surface area contributed by atoms with E-state index in [-0.39, 0.29) is 11.8 Å². The summed E-state index contributed by atoms with van der Waals surface area (Å²) in [5.41, 5.74) is 0. The Balaban J connectivity index is 1.27. The van der Waals surface area contributed by atoms with Crippen LogP contribution in [0.2, 0.25) is 0 Å². The van der Waals surface area contributed by atoms with Crippen molar-refractivity contribution in [1.29, 1.82) is 0 Å². The number of rotatable bonds is 5. The van der Waals surface area contributed by atoms with Gasteiger partial charge in [0.1, 0.15) is 0 Å². The van der Waals surface area contributed by atoms with Crippen molar-refractivity contribution in [2.45, 2.75) is 50.1 Å². The van der Waals surface area contributed by atoms with E-state index < -0.39 is 0 Å². The van der Waals surface area contributed by atoms with Crippen molar-refractivity contribution in [3.63, 3.8) is 0 Å². The summed E-state index contributed by atoms with van der Waals surface area (Å²) in [6.07, 6.45) is 5.53. The van der Waals surface area contributed by atoms with Crippen LogP contribution in [0.5, 0.6) is 0 Å². The molecular formula is C15H22N4O3. The lowest BCUT2D eigenvalue weighted by atomic mass is 9.95. The lowest BCUT2D eigenvalue weighted by Gasteiger charge is -2.47. The van der Waals surface area contributed by atoms with E-state index in [4.69, 9.17) is 9.26 Å². The molecule has 3 aliphatic rings. The third kappa shape index (κ3) is 2.87. The minimum absolute atomic E-state index is 0.0961. The van der Waals surface area contributed by atoms with Crippen molar-refractivity contribution < 1.29 is 14.1 Å². The van der Waals surface area contributed by atoms with Crippen LogP contribution in [0.4, 0.5) is 0 Å². The second-order valence-corrected chi connectivity index (χ2v) is 6.47. The minimum atomic E-state index is -0.252. The molecule has 0 radical (unpaired) electrons. The Labute approximate surface area is 129 Å². The van der Waals surface area contributed by atoms with E-state index in [9.17, 15) is 4.79 Å². The first kappa shape index (κ1) is 14.1. The number of amides is 1. The van der Waals surface area contributed by atoms with Crippen molar-refractivity contribution in [2.75, 3.05) is 26.3 Å². The number of hydrogen-bond donors (Lipinski definition) is 1. The molecule has 7 heteroatoms. The first-order valence-electron chi connectivity index (χ1n) is 8.26. The maximum absolute atomic E-state index is 12.1. The molecule has 3 fully saturated rings. The van der Waals surface area contributed by atoms with E-state index >= 15 is 0 Å². The molecule has 7 nitrogen and oxygen atoms in total. The number of hydrogen-bond acceptors (Lipinski definition) is 6. The number of ether oxygens (including phenoxy) is 1. The third-order valence-corrected chi connectivity index (χ3v) is 4.93. The van der Waals surface area contributed by atoms with Gasteiger partial charge in [0.2, 0.25) is 0 Å². The molecule has 1 amide bonds. The Morgan fingerprint density at radius 3 is 2.73 bits per heavy atom. The van der Waals surface area contributed by atoms with Gasteiger partial charge in [-0.25, -0.2) is 0 Å². The van der Waals surface area contributed by atoms with Crippen LogP contribution in [-0.2, 0) is 4.74 Å². The van der Waals surface area contributed by atoms with Crippen molar-refractivity contribution >= 4 is 5.91 Å². The maximum Gasteiger partial charge on any atom is 0.315 e.